The molecule has 1 heterocycles. The van der Waals surface area contributed by atoms with E-state index in [0.29, 0.717) is 12.3 Å². The van der Waals surface area contributed by atoms with Crippen LogP contribution in [0.3, 0.4) is 0 Å². The van der Waals surface area contributed by atoms with E-state index in [1.807, 2.05) is 0 Å². The fourth-order valence-electron chi connectivity index (χ4n) is 2.63. The maximum absolute atomic E-state index is 11.5. The zero-order valence-corrected chi connectivity index (χ0v) is 12.0. The van der Waals surface area contributed by atoms with Gasteiger partial charge in [0.25, 0.3) is 0 Å². The van der Waals surface area contributed by atoms with Gasteiger partial charge >= 0.3 is 5.97 Å². The van der Waals surface area contributed by atoms with E-state index >= 15 is 0 Å². The van der Waals surface area contributed by atoms with Gasteiger partial charge in [0.1, 0.15) is 0 Å². The maximum atomic E-state index is 11.5. The Labute approximate surface area is 117 Å². The fraction of sp³-hybridized carbons (Fsp3) is 0.714. The number of carbonyl (C=O) groups excluding carboxylic acids is 1. The zero-order chi connectivity index (χ0) is 13.2. The zero-order valence-electron chi connectivity index (χ0n) is 11.2. The smallest absolute Gasteiger partial charge is 0.357 e. The lowest BCUT2D eigenvalue weighted by Gasteiger charge is -2.15. The molecule has 104 valence electrons. The van der Waals surface area contributed by atoms with E-state index in [-0.39, 0.29) is 5.97 Å². The molecular weight excluding hydrogens is 260 g/mol. The average Bonchev–Trinajstić information content (AvgIpc) is 3.31. The topological polar surface area (TPSA) is 51.2 Å². The van der Waals surface area contributed by atoms with Gasteiger partial charge < -0.3 is 10.1 Å². The summed E-state index contributed by atoms with van der Waals surface area (Å²) in [5.41, 5.74) is 0.420. The number of hydrogen-bond acceptors (Lipinski definition) is 5. The molecule has 0 aliphatic heterocycles. The van der Waals surface area contributed by atoms with Crippen LogP contribution in [0.5, 0.6) is 0 Å². The second kappa shape index (κ2) is 5.49. The van der Waals surface area contributed by atoms with E-state index in [1.165, 1.54) is 37.0 Å². The molecule has 5 heteroatoms. The third-order valence-electron chi connectivity index (χ3n) is 3.93. The molecule has 0 atom stereocenters. The third-order valence-corrected chi connectivity index (χ3v) is 4.73. The molecule has 2 aliphatic carbocycles. The number of rotatable bonds is 7. The SMILES string of the molecule is CCOC(=O)c1csc(NCC(C2CC2)C2CC2)n1. The fourth-order valence-corrected chi connectivity index (χ4v) is 3.32. The Morgan fingerprint density at radius 3 is 2.74 bits per heavy atom. The number of carbonyl (C=O) groups is 1. The van der Waals surface area contributed by atoms with Gasteiger partial charge in [0.15, 0.2) is 10.8 Å². The Kier molecular flexibility index (Phi) is 3.73. The third kappa shape index (κ3) is 3.26. The molecule has 3 rings (SSSR count). The molecule has 0 spiro atoms. The van der Waals surface area contributed by atoms with Crippen molar-refractivity contribution in [1.29, 1.82) is 0 Å². The molecule has 2 saturated carbocycles. The highest BCUT2D eigenvalue weighted by Crippen LogP contribution is 2.49. The van der Waals surface area contributed by atoms with Gasteiger partial charge in [-0.25, -0.2) is 9.78 Å². The van der Waals surface area contributed by atoms with Gasteiger partial charge in [0.2, 0.25) is 0 Å². The predicted molar refractivity (Wildman–Crippen MR) is 75.5 cm³/mol. The summed E-state index contributed by atoms with van der Waals surface area (Å²) in [6.07, 6.45) is 5.59. The molecule has 2 aliphatic rings. The number of esters is 1. The van der Waals surface area contributed by atoms with Crippen LogP contribution in [-0.2, 0) is 4.74 Å². The van der Waals surface area contributed by atoms with E-state index < -0.39 is 0 Å². The van der Waals surface area contributed by atoms with E-state index in [1.54, 1.807) is 12.3 Å². The first-order chi connectivity index (χ1) is 9.28. The monoisotopic (exact) mass is 280 g/mol. The Morgan fingerprint density at radius 1 is 1.47 bits per heavy atom. The lowest BCUT2D eigenvalue weighted by Crippen LogP contribution is -2.18. The molecule has 0 unspecified atom stereocenters. The normalized spacial score (nSPS) is 18.6. The maximum Gasteiger partial charge on any atom is 0.357 e. The molecule has 0 saturated heterocycles. The van der Waals surface area contributed by atoms with Crippen molar-refractivity contribution in [3.8, 4) is 0 Å². The van der Waals surface area contributed by atoms with Crippen LogP contribution in [0.2, 0.25) is 0 Å². The molecule has 1 aromatic rings. The van der Waals surface area contributed by atoms with Crippen molar-refractivity contribution in [3.05, 3.63) is 11.1 Å². The van der Waals surface area contributed by atoms with Crippen LogP contribution >= 0.6 is 11.3 Å². The van der Waals surface area contributed by atoms with Crippen LogP contribution in [0.1, 0.15) is 43.1 Å². The Bertz CT molecular complexity index is 440. The molecule has 2 fully saturated rings. The lowest BCUT2D eigenvalue weighted by atomic mass is 9.98. The first-order valence-electron chi connectivity index (χ1n) is 7.14. The number of nitrogens with zero attached hydrogens (tertiary/aromatic N) is 1. The van der Waals surface area contributed by atoms with Crippen LogP contribution in [0, 0.1) is 17.8 Å². The Balaban J connectivity index is 1.53. The average molecular weight is 280 g/mol. The predicted octanol–water partition coefficient (Wildman–Crippen LogP) is 3.17. The first kappa shape index (κ1) is 12.9. The number of thiazole rings is 1. The highest BCUT2D eigenvalue weighted by Gasteiger charge is 2.41. The van der Waals surface area contributed by atoms with Gasteiger partial charge in [-0.3, -0.25) is 0 Å². The summed E-state index contributed by atoms with van der Waals surface area (Å²) in [5, 5.41) is 6.01. The van der Waals surface area contributed by atoms with Crippen molar-refractivity contribution in [2.75, 3.05) is 18.5 Å². The van der Waals surface area contributed by atoms with Gasteiger partial charge in [0, 0.05) is 11.9 Å². The van der Waals surface area contributed by atoms with Crippen LogP contribution in [0.15, 0.2) is 5.38 Å². The van der Waals surface area contributed by atoms with Crippen molar-refractivity contribution >= 4 is 22.4 Å². The lowest BCUT2D eigenvalue weighted by molar-refractivity contribution is 0.0520. The van der Waals surface area contributed by atoms with Gasteiger partial charge in [-0.05, 0) is 50.4 Å². The van der Waals surface area contributed by atoms with Crippen molar-refractivity contribution in [2.24, 2.45) is 17.8 Å². The van der Waals surface area contributed by atoms with E-state index in [9.17, 15) is 4.79 Å². The molecule has 1 N–H and O–H groups in total. The van der Waals surface area contributed by atoms with Crippen LogP contribution in [0.25, 0.3) is 0 Å². The summed E-state index contributed by atoms with van der Waals surface area (Å²) >= 11 is 1.49. The largest absolute Gasteiger partial charge is 0.461 e. The van der Waals surface area contributed by atoms with Crippen molar-refractivity contribution in [2.45, 2.75) is 32.6 Å². The Morgan fingerprint density at radius 2 is 2.16 bits per heavy atom. The second-order valence-corrected chi connectivity index (χ2v) is 6.34. The summed E-state index contributed by atoms with van der Waals surface area (Å²) in [6, 6.07) is 0. The van der Waals surface area contributed by atoms with Gasteiger partial charge in [-0.2, -0.15) is 0 Å². The number of anilines is 1. The summed E-state index contributed by atoms with van der Waals surface area (Å²) < 4.78 is 4.94. The number of ether oxygens (including phenoxy) is 1. The Hall–Kier alpha value is -1.10. The minimum atomic E-state index is -0.326. The standard InChI is InChI=1S/C14H20N2O2S/c1-2-18-13(17)12-8-19-14(16-12)15-7-11(9-3-4-9)10-5-6-10/h8-11H,2-7H2,1H3,(H,15,16). The molecule has 1 aromatic heterocycles. The molecule has 19 heavy (non-hydrogen) atoms. The highest BCUT2D eigenvalue weighted by molar-refractivity contribution is 7.13. The minimum Gasteiger partial charge on any atom is -0.461 e. The molecule has 0 radical (unpaired) electrons. The summed E-state index contributed by atoms with van der Waals surface area (Å²) in [7, 11) is 0. The van der Waals surface area contributed by atoms with E-state index in [2.05, 4.69) is 10.3 Å². The molecular formula is C14H20N2O2S. The quantitative estimate of drug-likeness (QED) is 0.779. The number of aromatic nitrogens is 1. The van der Waals surface area contributed by atoms with E-state index in [4.69, 9.17) is 4.74 Å². The van der Waals surface area contributed by atoms with Crippen molar-refractivity contribution < 1.29 is 9.53 Å². The summed E-state index contributed by atoms with van der Waals surface area (Å²) in [5.74, 6) is 2.36. The minimum absolute atomic E-state index is 0.326. The molecule has 0 bridgehead atoms. The second-order valence-electron chi connectivity index (χ2n) is 5.48. The summed E-state index contributed by atoms with van der Waals surface area (Å²) in [4.78, 5) is 15.8. The first-order valence-corrected chi connectivity index (χ1v) is 8.02. The molecule has 4 nitrogen and oxygen atoms in total. The van der Waals surface area contributed by atoms with Crippen molar-refractivity contribution in [3.63, 3.8) is 0 Å². The van der Waals surface area contributed by atoms with Gasteiger partial charge in [0.05, 0.1) is 6.61 Å². The number of nitrogens with one attached hydrogen (secondary N) is 1. The van der Waals surface area contributed by atoms with Crippen molar-refractivity contribution in [1.82, 2.24) is 4.98 Å². The van der Waals surface area contributed by atoms with Crippen LogP contribution < -0.4 is 5.32 Å². The van der Waals surface area contributed by atoms with Crippen LogP contribution in [0.4, 0.5) is 5.13 Å². The highest BCUT2D eigenvalue weighted by atomic mass is 32.1. The molecule has 0 aromatic carbocycles. The van der Waals surface area contributed by atoms with E-state index in [0.717, 1.165) is 29.4 Å². The summed E-state index contributed by atoms with van der Waals surface area (Å²) in [6.45, 7) is 3.20. The van der Waals surface area contributed by atoms with Gasteiger partial charge in [-0.1, -0.05) is 0 Å². The van der Waals surface area contributed by atoms with Crippen LogP contribution in [-0.4, -0.2) is 24.1 Å². The number of hydrogen-bond donors (Lipinski definition) is 1. The van der Waals surface area contributed by atoms with Gasteiger partial charge in [-0.15, -0.1) is 11.3 Å². The molecule has 0 amide bonds.